The fraction of sp³-hybridized carbons (Fsp3) is 0.125. The highest BCUT2D eigenvalue weighted by Gasteiger charge is 2.12. The molecule has 0 spiro atoms. The second kappa shape index (κ2) is 3.30. The molecule has 0 saturated heterocycles. The minimum Gasteiger partial charge on any atom is -0.361 e. The molecule has 0 aliphatic carbocycles. The van der Waals surface area contributed by atoms with Crippen LogP contribution in [0.1, 0.15) is 5.76 Å². The fourth-order valence-corrected chi connectivity index (χ4v) is 1.27. The molecule has 2 rings (SSSR count). The van der Waals surface area contributed by atoms with Crippen LogP contribution in [0.25, 0.3) is 11.3 Å². The van der Waals surface area contributed by atoms with E-state index < -0.39 is 5.82 Å². The molecule has 2 aromatic rings. The van der Waals surface area contributed by atoms with Gasteiger partial charge in [-0.3, -0.25) is 0 Å². The quantitative estimate of drug-likeness (QED) is 0.735. The van der Waals surface area contributed by atoms with Crippen molar-refractivity contribution in [2.75, 3.05) is 0 Å². The Morgan fingerprint density at radius 2 is 2.36 bits per heavy atom. The van der Waals surface area contributed by atoms with Gasteiger partial charge in [-0.1, -0.05) is 17.4 Å². The molecule has 2 heterocycles. The predicted molar refractivity (Wildman–Crippen MR) is 49.6 cm³/mol. The van der Waals surface area contributed by atoms with Crippen molar-refractivity contribution in [3.63, 3.8) is 0 Å². The van der Waals surface area contributed by atoms with Crippen LogP contribution in [0.15, 0.2) is 17.0 Å². The Morgan fingerprint density at radius 1 is 1.57 bits per heavy atom. The first-order valence-electron chi connectivity index (χ1n) is 3.85. The van der Waals surface area contributed by atoms with Crippen LogP contribution >= 0.6 is 12.2 Å². The summed E-state index contributed by atoms with van der Waals surface area (Å²) in [4.78, 5) is 6.28. The maximum Gasteiger partial charge on any atom is 0.184 e. The third-order valence-corrected chi connectivity index (χ3v) is 2.10. The molecule has 0 unspecified atom stereocenters. The van der Waals surface area contributed by atoms with E-state index in [1.165, 1.54) is 12.5 Å². The number of nitrogens with zero attached hydrogens (tertiary/aromatic N) is 2. The number of aryl methyl sites for hydroxylation is 1. The summed E-state index contributed by atoms with van der Waals surface area (Å²) in [6, 6.07) is 0. The molecule has 1 N–H and O–H groups in total. The molecule has 0 aliphatic rings. The van der Waals surface area contributed by atoms with Gasteiger partial charge in [-0.15, -0.1) is 0 Å². The lowest BCUT2D eigenvalue weighted by atomic mass is 10.2. The third kappa shape index (κ3) is 1.33. The Hall–Kier alpha value is -1.56. The minimum absolute atomic E-state index is 0.0700. The summed E-state index contributed by atoms with van der Waals surface area (Å²) < 4.78 is 18.2. The molecule has 0 atom stereocenters. The van der Waals surface area contributed by atoms with Gasteiger partial charge in [0.05, 0.1) is 23.8 Å². The van der Waals surface area contributed by atoms with Crippen molar-refractivity contribution in [1.29, 1.82) is 0 Å². The van der Waals surface area contributed by atoms with Gasteiger partial charge in [0.1, 0.15) is 5.76 Å². The van der Waals surface area contributed by atoms with E-state index in [2.05, 4.69) is 15.1 Å². The zero-order valence-corrected chi connectivity index (χ0v) is 8.06. The largest absolute Gasteiger partial charge is 0.361 e. The second-order valence-corrected chi connectivity index (χ2v) is 3.08. The number of H-pyrrole nitrogens is 1. The zero-order valence-electron chi connectivity index (χ0n) is 7.24. The summed E-state index contributed by atoms with van der Waals surface area (Å²) in [6.07, 6.45) is 2.77. The van der Waals surface area contributed by atoms with Gasteiger partial charge in [-0.05, 0) is 6.92 Å². The van der Waals surface area contributed by atoms with Crippen LogP contribution in [0.5, 0.6) is 0 Å². The fourth-order valence-electron chi connectivity index (χ4n) is 1.12. The van der Waals surface area contributed by atoms with Crippen molar-refractivity contribution < 1.29 is 8.91 Å². The Bertz CT molecular complexity index is 519. The van der Waals surface area contributed by atoms with Crippen molar-refractivity contribution >= 4 is 12.2 Å². The van der Waals surface area contributed by atoms with E-state index in [4.69, 9.17) is 16.7 Å². The van der Waals surface area contributed by atoms with Crippen LogP contribution < -0.4 is 0 Å². The maximum atomic E-state index is 13.5. The molecule has 0 bridgehead atoms. The summed E-state index contributed by atoms with van der Waals surface area (Å²) in [5.74, 6) is -0.0328. The maximum absolute atomic E-state index is 13.5. The molecule has 4 nitrogen and oxygen atoms in total. The van der Waals surface area contributed by atoms with E-state index in [1.807, 2.05) is 0 Å². The van der Waals surface area contributed by atoms with Gasteiger partial charge in [-0.2, -0.15) is 0 Å². The van der Waals surface area contributed by atoms with E-state index >= 15 is 0 Å². The van der Waals surface area contributed by atoms with E-state index in [0.717, 1.165) is 0 Å². The number of aromatic nitrogens is 3. The molecule has 14 heavy (non-hydrogen) atoms. The Kier molecular flexibility index (Phi) is 2.12. The van der Waals surface area contributed by atoms with Crippen LogP contribution in [0.4, 0.5) is 4.39 Å². The Balaban J connectivity index is 2.69. The highest BCUT2D eigenvalue weighted by atomic mass is 32.1. The van der Waals surface area contributed by atoms with Crippen LogP contribution in [0.2, 0.25) is 0 Å². The number of nitrogens with one attached hydrogen (secondary N) is 1. The molecular formula is C8H6FN3OS. The lowest BCUT2D eigenvalue weighted by Crippen LogP contribution is -1.92. The van der Waals surface area contributed by atoms with Gasteiger partial charge in [0, 0.05) is 0 Å². The monoisotopic (exact) mass is 211 g/mol. The molecule has 0 fully saturated rings. The molecular weight excluding hydrogens is 205 g/mol. The Labute approximate surface area is 83.8 Å². The molecule has 0 amide bonds. The van der Waals surface area contributed by atoms with Crippen LogP contribution in [0.3, 0.4) is 0 Å². The standard InChI is InChI=1S/C8H6FN3OS/c1-4-5(2-12-13-4)7-6(9)8(14)11-3-10-7/h2-3H,1H3,(H,10,11,14). The molecule has 0 saturated carbocycles. The summed E-state index contributed by atoms with van der Waals surface area (Å²) in [6.45, 7) is 1.69. The summed E-state index contributed by atoms with van der Waals surface area (Å²) in [5.41, 5.74) is 0.805. The molecule has 6 heteroatoms. The molecule has 0 aromatic carbocycles. The summed E-state index contributed by atoms with van der Waals surface area (Å²) >= 11 is 4.70. The molecule has 0 aliphatic heterocycles. The lowest BCUT2D eigenvalue weighted by Gasteiger charge is -1.99. The average Bonchev–Trinajstić information content (AvgIpc) is 2.57. The first-order valence-corrected chi connectivity index (χ1v) is 4.26. The van der Waals surface area contributed by atoms with Crippen LogP contribution in [-0.2, 0) is 0 Å². The van der Waals surface area contributed by atoms with E-state index in [-0.39, 0.29) is 10.3 Å². The van der Waals surface area contributed by atoms with Crippen LogP contribution in [0, 0.1) is 17.4 Å². The number of hydrogen-bond donors (Lipinski definition) is 1. The molecule has 72 valence electrons. The van der Waals surface area contributed by atoms with Gasteiger partial charge in [0.25, 0.3) is 0 Å². The summed E-state index contributed by atoms with van der Waals surface area (Å²) in [5, 5.41) is 3.55. The van der Waals surface area contributed by atoms with Crippen LogP contribution in [-0.4, -0.2) is 15.1 Å². The molecule has 0 radical (unpaired) electrons. The third-order valence-electron chi connectivity index (χ3n) is 1.82. The van der Waals surface area contributed by atoms with E-state index in [0.29, 0.717) is 11.3 Å². The SMILES string of the molecule is Cc1oncc1-c1[nH]cnc(=S)c1F. The average molecular weight is 211 g/mol. The van der Waals surface area contributed by atoms with Gasteiger partial charge in [0.15, 0.2) is 10.5 Å². The Morgan fingerprint density at radius 3 is 3.00 bits per heavy atom. The summed E-state index contributed by atoms with van der Waals surface area (Å²) in [7, 11) is 0. The normalized spacial score (nSPS) is 10.4. The van der Waals surface area contributed by atoms with Crippen molar-refractivity contribution in [2.24, 2.45) is 0 Å². The topological polar surface area (TPSA) is 54.7 Å². The minimum atomic E-state index is -0.561. The van der Waals surface area contributed by atoms with Crippen molar-refractivity contribution in [1.82, 2.24) is 15.1 Å². The second-order valence-electron chi connectivity index (χ2n) is 2.69. The van der Waals surface area contributed by atoms with E-state index in [9.17, 15) is 4.39 Å². The highest BCUT2D eigenvalue weighted by Crippen LogP contribution is 2.22. The first-order chi connectivity index (χ1) is 6.70. The predicted octanol–water partition coefficient (Wildman–Crippen LogP) is 2.24. The van der Waals surface area contributed by atoms with Crippen molar-refractivity contribution in [2.45, 2.75) is 6.92 Å². The van der Waals surface area contributed by atoms with Crippen molar-refractivity contribution in [3.8, 4) is 11.3 Å². The van der Waals surface area contributed by atoms with Gasteiger partial charge >= 0.3 is 0 Å². The van der Waals surface area contributed by atoms with Gasteiger partial charge in [-0.25, -0.2) is 9.37 Å². The van der Waals surface area contributed by atoms with Crippen molar-refractivity contribution in [3.05, 3.63) is 28.7 Å². The number of hydrogen-bond acceptors (Lipinski definition) is 4. The van der Waals surface area contributed by atoms with Gasteiger partial charge < -0.3 is 9.51 Å². The number of rotatable bonds is 1. The number of aromatic amines is 1. The van der Waals surface area contributed by atoms with E-state index in [1.54, 1.807) is 6.92 Å². The highest BCUT2D eigenvalue weighted by molar-refractivity contribution is 7.71. The smallest absolute Gasteiger partial charge is 0.184 e. The van der Waals surface area contributed by atoms with Gasteiger partial charge in [0.2, 0.25) is 0 Å². The molecule has 2 aromatic heterocycles. The lowest BCUT2D eigenvalue weighted by molar-refractivity contribution is 0.398. The zero-order chi connectivity index (χ0) is 10.1. The number of halogens is 1. The first kappa shape index (κ1) is 9.01.